The lowest BCUT2D eigenvalue weighted by atomic mass is 10.1. The van der Waals surface area contributed by atoms with Gasteiger partial charge >= 0.3 is 0 Å². The maximum absolute atomic E-state index is 12.6. The molecule has 1 aromatic heterocycles. The first-order valence-corrected chi connectivity index (χ1v) is 11.0. The smallest absolute Gasteiger partial charge is 0.269 e. The molecule has 142 valence electrons. The molecule has 1 N–H and O–H groups in total. The number of aromatic nitrogens is 1. The minimum Gasteiger partial charge on any atom is -0.478 e. The van der Waals surface area contributed by atoms with Crippen molar-refractivity contribution in [3.63, 3.8) is 0 Å². The Morgan fingerprint density at radius 1 is 1.19 bits per heavy atom. The summed E-state index contributed by atoms with van der Waals surface area (Å²) in [6.07, 6.45) is 1.15. The molecule has 0 aliphatic carbocycles. The third-order valence-corrected chi connectivity index (χ3v) is 6.04. The molecular weight excluding hydrogens is 408 g/mol. The van der Waals surface area contributed by atoms with E-state index < -0.39 is 15.4 Å². The van der Waals surface area contributed by atoms with Gasteiger partial charge in [0.1, 0.15) is 5.75 Å². The number of carbonyl (C=O) groups is 1. The molecule has 0 unspecified atom stereocenters. The van der Waals surface area contributed by atoms with Crippen molar-refractivity contribution >= 4 is 54.0 Å². The van der Waals surface area contributed by atoms with Crippen LogP contribution in [0.3, 0.4) is 0 Å². The van der Waals surface area contributed by atoms with Crippen LogP contribution in [0.25, 0.3) is 10.2 Å². The number of hydrogen-bond donors (Lipinski definition) is 1. The number of ether oxygens (including phenoxy) is 1. The molecule has 0 saturated heterocycles. The first kappa shape index (κ1) is 19.6. The average molecular weight is 425 g/mol. The minimum absolute atomic E-state index is 0.211. The number of nitrogens with zero attached hydrogens (tertiary/aromatic N) is 1. The lowest BCUT2D eigenvalue weighted by molar-refractivity contribution is -0.128. The van der Waals surface area contributed by atoms with E-state index >= 15 is 0 Å². The number of sulfone groups is 1. The van der Waals surface area contributed by atoms with Crippen molar-refractivity contribution in [2.75, 3.05) is 11.6 Å². The number of amides is 1. The molecule has 1 heterocycles. The Hall–Kier alpha value is -2.16. The van der Waals surface area contributed by atoms with Gasteiger partial charge in [-0.2, -0.15) is 0 Å². The molecular formula is C18H17ClN2O4S2. The first-order chi connectivity index (χ1) is 12.5. The second kappa shape index (κ2) is 7.10. The zero-order valence-electron chi connectivity index (χ0n) is 14.8. The van der Waals surface area contributed by atoms with Crippen molar-refractivity contribution in [1.82, 2.24) is 4.98 Å². The Labute approximate surface area is 166 Å². The SMILES string of the molecule is CC(C)(Oc1ccc(Cl)cc1)C(=O)Nc1nc2ccc(S(C)(=O)=O)cc2s1. The number of halogens is 1. The van der Waals surface area contributed by atoms with Gasteiger partial charge in [-0.3, -0.25) is 10.1 Å². The summed E-state index contributed by atoms with van der Waals surface area (Å²) in [6, 6.07) is 11.4. The van der Waals surface area contributed by atoms with Crippen LogP contribution in [-0.4, -0.2) is 31.2 Å². The Morgan fingerprint density at radius 3 is 2.48 bits per heavy atom. The van der Waals surface area contributed by atoms with Crippen LogP contribution in [0.1, 0.15) is 13.8 Å². The lowest BCUT2D eigenvalue weighted by Crippen LogP contribution is -2.42. The van der Waals surface area contributed by atoms with E-state index in [9.17, 15) is 13.2 Å². The summed E-state index contributed by atoms with van der Waals surface area (Å²) in [5.41, 5.74) is -0.539. The number of hydrogen-bond acceptors (Lipinski definition) is 6. The summed E-state index contributed by atoms with van der Waals surface area (Å²) < 4.78 is 29.8. The molecule has 0 atom stereocenters. The number of fused-ring (bicyclic) bond motifs is 1. The highest BCUT2D eigenvalue weighted by atomic mass is 35.5. The number of thiazole rings is 1. The van der Waals surface area contributed by atoms with Crippen molar-refractivity contribution in [3.05, 3.63) is 47.5 Å². The van der Waals surface area contributed by atoms with Gasteiger partial charge in [0.05, 0.1) is 15.1 Å². The normalized spacial score (nSPS) is 12.1. The molecule has 0 saturated carbocycles. The van der Waals surface area contributed by atoms with Crippen LogP contribution in [-0.2, 0) is 14.6 Å². The Morgan fingerprint density at radius 2 is 1.85 bits per heavy atom. The van der Waals surface area contributed by atoms with Gasteiger partial charge in [0.15, 0.2) is 20.6 Å². The molecule has 0 bridgehead atoms. The Balaban J connectivity index is 1.79. The highest BCUT2D eigenvalue weighted by molar-refractivity contribution is 7.90. The van der Waals surface area contributed by atoms with Crippen molar-refractivity contribution < 1.29 is 17.9 Å². The first-order valence-electron chi connectivity index (χ1n) is 7.91. The molecule has 0 aliphatic rings. The zero-order chi connectivity index (χ0) is 19.8. The lowest BCUT2D eigenvalue weighted by Gasteiger charge is -2.24. The number of nitrogens with one attached hydrogen (secondary N) is 1. The van der Waals surface area contributed by atoms with Crippen LogP contribution in [0.2, 0.25) is 5.02 Å². The zero-order valence-corrected chi connectivity index (χ0v) is 17.2. The van der Waals surface area contributed by atoms with Gasteiger partial charge < -0.3 is 4.74 Å². The molecule has 6 nitrogen and oxygen atoms in total. The molecule has 9 heteroatoms. The van der Waals surface area contributed by atoms with E-state index in [2.05, 4.69) is 10.3 Å². The van der Waals surface area contributed by atoms with Crippen molar-refractivity contribution in [2.45, 2.75) is 24.3 Å². The molecule has 0 fully saturated rings. The van der Waals surface area contributed by atoms with Crippen LogP contribution in [0.4, 0.5) is 5.13 Å². The van der Waals surface area contributed by atoms with E-state index in [-0.39, 0.29) is 10.8 Å². The summed E-state index contributed by atoms with van der Waals surface area (Å²) in [4.78, 5) is 17.2. The molecule has 2 aromatic carbocycles. The van der Waals surface area contributed by atoms with E-state index in [1.54, 1.807) is 50.2 Å². The third-order valence-electron chi connectivity index (χ3n) is 3.74. The van der Waals surface area contributed by atoms with E-state index in [1.807, 2.05) is 0 Å². The number of anilines is 1. The molecule has 3 rings (SSSR count). The molecule has 1 amide bonds. The third kappa shape index (κ3) is 4.58. The summed E-state index contributed by atoms with van der Waals surface area (Å²) in [5.74, 6) is 0.140. The monoisotopic (exact) mass is 424 g/mol. The van der Waals surface area contributed by atoms with E-state index in [4.69, 9.17) is 16.3 Å². The maximum Gasteiger partial charge on any atom is 0.269 e. The predicted octanol–water partition coefficient (Wildman–Crippen LogP) is 4.15. The van der Waals surface area contributed by atoms with Crippen molar-refractivity contribution in [1.29, 1.82) is 0 Å². The average Bonchev–Trinajstić information content (AvgIpc) is 2.97. The second-order valence-corrected chi connectivity index (χ2v) is 9.92. The molecule has 0 radical (unpaired) electrons. The molecule has 27 heavy (non-hydrogen) atoms. The molecule has 0 aliphatic heterocycles. The van der Waals surface area contributed by atoms with Gasteiger partial charge in [0.2, 0.25) is 0 Å². The van der Waals surface area contributed by atoms with Gasteiger partial charge in [-0.25, -0.2) is 13.4 Å². The molecule has 0 spiro atoms. The highest BCUT2D eigenvalue weighted by Crippen LogP contribution is 2.29. The fourth-order valence-corrected chi connectivity index (χ4v) is 4.03. The standard InChI is InChI=1S/C18H17ClN2O4S2/c1-18(2,25-12-6-4-11(19)5-7-12)16(22)21-17-20-14-9-8-13(27(3,23)24)10-15(14)26-17/h4-10H,1-3H3,(H,20,21,22). The topological polar surface area (TPSA) is 85.4 Å². The van der Waals surface area contributed by atoms with Crippen molar-refractivity contribution in [3.8, 4) is 5.75 Å². The number of carbonyl (C=O) groups excluding carboxylic acids is 1. The largest absolute Gasteiger partial charge is 0.478 e. The minimum atomic E-state index is -3.31. The van der Waals surface area contributed by atoms with Gasteiger partial charge in [0, 0.05) is 11.3 Å². The van der Waals surface area contributed by atoms with Crippen LogP contribution in [0.15, 0.2) is 47.4 Å². The van der Waals surface area contributed by atoms with Crippen molar-refractivity contribution in [2.24, 2.45) is 0 Å². The van der Waals surface area contributed by atoms with Gasteiger partial charge in [-0.15, -0.1) is 0 Å². The second-order valence-electron chi connectivity index (χ2n) is 6.44. The van der Waals surface area contributed by atoms with E-state index in [0.717, 1.165) is 6.26 Å². The number of benzene rings is 2. The van der Waals surface area contributed by atoms with Crippen LogP contribution in [0.5, 0.6) is 5.75 Å². The van der Waals surface area contributed by atoms with Gasteiger partial charge in [0.25, 0.3) is 5.91 Å². The summed E-state index contributed by atoms with van der Waals surface area (Å²) in [6.45, 7) is 3.29. The van der Waals surface area contributed by atoms with Gasteiger partial charge in [-0.05, 0) is 56.3 Å². The quantitative estimate of drug-likeness (QED) is 0.665. The Kier molecular flexibility index (Phi) is 5.16. The van der Waals surface area contributed by atoms with E-state index in [1.165, 1.54) is 17.4 Å². The summed E-state index contributed by atoms with van der Waals surface area (Å²) in [7, 11) is -3.31. The van der Waals surface area contributed by atoms with Crippen LogP contribution >= 0.6 is 22.9 Å². The summed E-state index contributed by atoms with van der Waals surface area (Å²) >= 11 is 7.05. The number of rotatable bonds is 5. The Bertz CT molecular complexity index is 1110. The van der Waals surface area contributed by atoms with E-state index in [0.29, 0.717) is 26.1 Å². The predicted molar refractivity (Wildman–Crippen MR) is 108 cm³/mol. The van der Waals surface area contributed by atoms with Gasteiger partial charge in [-0.1, -0.05) is 22.9 Å². The fraction of sp³-hybridized carbons (Fsp3) is 0.222. The van der Waals surface area contributed by atoms with Crippen LogP contribution in [0, 0.1) is 0 Å². The highest BCUT2D eigenvalue weighted by Gasteiger charge is 2.31. The molecule has 3 aromatic rings. The fourth-order valence-electron chi connectivity index (χ4n) is 2.28. The van der Waals surface area contributed by atoms with Crippen LogP contribution < -0.4 is 10.1 Å². The summed E-state index contributed by atoms with van der Waals surface area (Å²) in [5, 5.41) is 3.67. The maximum atomic E-state index is 12.6.